The summed E-state index contributed by atoms with van der Waals surface area (Å²) in [7, 11) is 0.500. The Morgan fingerprint density at radius 3 is 1.75 bits per heavy atom. The second-order valence-electron chi connectivity index (χ2n) is 2.88. The monoisotopic (exact) mass is 306 g/mol. The van der Waals surface area contributed by atoms with E-state index >= 15 is 0 Å². The van der Waals surface area contributed by atoms with Gasteiger partial charge in [-0.25, -0.2) is 18.2 Å². The number of hydrogen-bond acceptors (Lipinski definition) is 2. The van der Waals surface area contributed by atoms with Gasteiger partial charge in [-0.2, -0.15) is 13.2 Å². The van der Waals surface area contributed by atoms with Gasteiger partial charge in [-0.15, -0.1) is 0 Å². The van der Waals surface area contributed by atoms with E-state index in [1.54, 1.807) is 0 Å². The third-order valence-electron chi connectivity index (χ3n) is 1.61. The predicted molar refractivity (Wildman–Crippen MR) is 64.1 cm³/mol. The highest BCUT2D eigenvalue weighted by atomic mass is 19.4. The van der Waals surface area contributed by atoms with Crippen molar-refractivity contribution in [1.82, 2.24) is 0 Å². The minimum Gasteiger partial charge on any atom is -0.399 e. The molecule has 0 aliphatic carbocycles. The van der Waals surface area contributed by atoms with E-state index in [4.69, 9.17) is 5.73 Å². The van der Waals surface area contributed by atoms with E-state index in [2.05, 4.69) is 4.99 Å². The number of hydrogen-bond donors (Lipinski definition) is 1. The fraction of sp³-hybridized carbons (Fsp3) is 0.364. The summed E-state index contributed by atoms with van der Waals surface area (Å²) >= 11 is 0. The van der Waals surface area contributed by atoms with Crippen LogP contribution in [0.3, 0.4) is 0 Å². The second-order valence-corrected chi connectivity index (χ2v) is 2.88. The van der Waals surface area contributed by atoms with E-state index in [1.165, 1.54) is 24.3 Å². The van der Waals surface area contributed by atoms with Crippen LogP contribution in [0.2, 0.25) is 0 Å². The van der Waals surface area contributed by atoms with E-state index < -0.39 is 25.5 Å². The number of rotatable bonds is 2. The van der Waals surface area contributed by atoms with E-state index in [9.17, 15) is 30.7 Å². The largest absolute Gasteiger partial charge is 0.432 e. The van der Waals surface area contributed by atoms with Gasteiger partial charge in [-0.05, 0) is 24.3 Å². The summed E-state index contributed by atoms with van der Waals surface area (Å²) in [5.41, 5.74) is 4.31. The van der Waals surface area contributed by atoms with E-state index in [0.29, 0.717) is 12.9 Å². The maximum atomic E-state index is 12.1. The van der Waals surface area contributed by atoms with Crippen LogP contribution < -0.4 is 5.73 Å². The number of nitrogens with two attached hydrogens (primary N) is 1. The molecule has 116 valence electrons. The number of benzene rings is 1. The summed E-state index contributed by atoms with van der Waals surface area (Å²) in [6, 6.07) is 5.36. The first-order valence-electron chi connectivity index (χ1n) is 4.91. The summed E-state index contributed by atoms with van der Waals surface area (Å²) < 4.78 is 77.1. The van der Waals surface area contributed by atoms with Crippen molar-refractivity contribution in [2.75, 3.05) is 26.5 Å². The third-order valence-corrected chi connectivity index (χ3v) is 1.61. The van der Waals surface area contributed by atoms with Crippen molar-refractivity contribution in [3.8, 4) is 0 Å². The maximum absolute atomic E-state index is 12.1. The summed E-state index contributed by atoms with van der Waals surface area (Å²) in [5.74, 6) is 0. The van der Waals surface area contributed by atoms with E-state index in [1.807, 2.05) is 0 Å². The van der Waals surface area contributed by atoms with Crippen LogP contribution in [0.15, 0.2) is 29.3 Å². The van der Waals surface area contributed by atoms with Crippen LogP contribution in [0.1, 0.15) is 0 Å². The van der Waals surface area contributed by atoms with Crippen LogP contribution >= 0.6 is 0 Å². The van der Waals surface area contributed by atoms with Crippen LogP contribution in [-0.2, 0) is 0 Å². The van der Waals surface area contributed by atoms with Crippen molar-refractivity contribution in [1.29, 1.82) is 0 Å². The van der Waals surface area contributed by atoms with Crippen molar-refractivity contribution in [3.63, 3.8) is 0 Å². The van der Waals surface area contributed by atoms with Gasteiger partial charge < -0.3 is 5.73 Å². The van der Waals surface area contributed by atoms with Gasteiger partial charge in [0.15, 0.2) is 5.71 Å². The van der Waals surface area contributed by atoms with Crippen LogP contribution in [0.4, 0.5) is 42.1 Å². The lowest BCUT2D eigenvalue weighted by atomic mass is 10.3. The molecule has 0 aliphatic heterocycles. The highest BCUT2D eigenvalue weighted by Gasteiger charge is 2.35. The fourth-order valence-electron chi connectivity index (χ4n) is 0.874. The summed E-state index contributed by atoms with van der Waals surface area (Å²) in [6.45, 7) is -3.39. The second kappa shape index (κ2) is 11.1. The average molecular weight is 306 g/mol. The van der Waals surface area contributed by atoms with Gasteiger partial charge in [0, 0.05) is 5.69 Å². The van der Waals surface area contributed by atoms with Crippen LogP contribution in [-0.4, -0.2) is 32.7 Å². The lowest BCUT2D eigenvalue weighted by molar-refractivity contribution is -0.0609. The maximum Gasteiger partial charge on any atom is 0.432 e. The molecule has 0 aliphatic rings. The SMILES string of the molecule is CF.FCF.Nc1ccc(N=C(CF)C(F)(F)F)cc1. The molecule has 0 saturated heterocycles. The molecule has 1 aromatic rings. The molecule has 0 saturated carbocycles. The Balaban J connectivity index is 0. The zero-order valence-corrected chi connectivity index (χ0v) is 10.4. The van der Waals surface area contributed by atoms with Gasteiger partial charge in [-0.1, -0.05) is 0 Å². The minimum absolute atomic E-state index is 0.0224. The molecule has 0 aromatic heterocycles. The quantitative estimate of drug-likeness (QED) is 0.492. The normalized spacial score (nSPS) is 10.9. The molecule has 0 spiro atoms. The Hall–Kier alpha value is -1.80. The van der Waals surface area contributed by atoms with Crippen molar-refractivity contribution < 1.29 is 30.7 Å². The first-order valence-corrected chi connectivity index (χ1v) is 4.91. The first kappa shape index (κ1) is 20.5. The molecule has 9 heteroatoms. The first-order chi connectivity index (χ1) is 9.35. The molecule has 1 rings (SSSR count). The number of anilines is 1. The Bertz CT molecular complexity index is 373. The topological polar surface area (TPSA) is 38.4 Å². The molecule has 0 unspecified atom stereocenters. The smallest absolute Gasteiger partial charge is 0.399 e. The number of alkyl halides is 7. The van der Waals surface area contributed by atoms with Crippen molar-refractivity contribution in [3.05, 3.63) is 24.3 Å². The molecular formula is C11H13F7N2. The average Bonchev–Trinajstić information content (AvgIpc) is 2.40. The van der Waals surface area contributed by atoms with Gasteiger partial charge >= 0.3 is 6.18 Å². The van der Waals surface area contributed by atoms with Gasteiger partial charge in [0.25, 0.3) is 0 Å². The summed E-state index contributed by atoms with van der Waals surface area (Å²) in [6.07, 6.45) is -4.74. The zero-order chi connectivity index (χ0) is 16.2. The number of halogens is 7. The Labute approximate surface area is 111 Å². The van der Waals surface area contributed by atoms with Gasteiger partial charge in [0.2, 0.25) is 6.93 Å². The molecule has 20 heavy (non-hydrogen) atoms. The molecule has 1 aromatic carbocycles. The molecular weight excluding hydrogens is 293 g/mol. The van der Waals surface area contributed by atoms with Crippen LogP contribution in [0.5, 0.6) is 0 Å². The summed E-state index contributed by atoms with van der Waals surface area (Å²) in [4.78, 5) is 3.15. The number of nitrogens with zero attached hydrogens (tertiary/aromatic N) is 1. The van der Waals surface area contributed by atoms with Gasteiger partial charge in [-0.3, -0.25) is 4.39 Å². The lowest BCUT2D eigenvalue weighted by Crippen LogP contribution is -2.24. The van der Waals surface area contributed by atoms with Crippen molar-refractivity contribution in [2.45, 2.75) is 6.18 Å². The zero-order valence-electron chi connectivity index (χ0n) is 10.4. The van der Waals surface area contributed by atoms with E-state index in [-0.39, 0.29) is 5.69 Å². The number of aliphatic imine (C=N–C) groups is 1. The van der Waals surface area contributed by atoms with Gasteiger partial charge in [0.05, 0.1) is 12.9 Å². The molecule has 0 fully saturated rings. The van der Waals surface area contributed by atoms with E-state index in [0.717, 1.165) is 0 Å². The molecule has 2 nitrogen and oxygen atoms in total. The van der Waals surface area contributed by atoms with Crippen molar-refractivity contribution in [2.24, 2.45) is 4.99 Å². The highest BCUT2D eigenvalue weighted by molar-refractivity contribution is 5.92. The molecule has 0 heterocycles. The van der Waals surface area contributed by atoms with Gasteiger partial charge in [0.1, 0.15) is 6.67 Å². The Morgan fingerprint density at radius 1 is 1.05 bits per heavy atom. The number of nitrogen functional groups attached to an aromatic ring is 1. The highest BCUT2D eigenvalue weighted by Crippen LogP contribution is 2.22. The molecule has 0 bridgehead atoms. The Morgan fingerprint density at radius 2 is 1.45 bits per heavy atom. The third kappa shape index (κ3) is 9.17. The fourth-order valence-corrected chi connectivity index (χ4v) is 0.874. The van der Waals surface area contributed by atoms with Crippen LogP contribution in [0, 0.1) is 0 Å². The standard InChI is InChI=1S/C9H8F4N2.CH2F2.CH3F/c10-5-8(9(11,12)13)15-7-3-1-6(14)2-4-7;2-1-3;1-2/h1-4H,5,14H2;1H2;1H3. The molecule has 0 amide bonds. The molecule has 0 atom stereocenters. The van der Waals surface area contributed by atoms with Crippen LogP contribution in [0.25, 0.3) is 0 Å². The summed E-state index contributed by atoms with van der Waals surface area (Å²) in [5, 5.41) is 0. The molecule has 0 radical (unpaired) electrons. The predicted octanol–water partition coefficient (Wildman–Crippen LogP) is 4.34. The molecule has 2 N–H and O–H groups in total. The van der Waals surface area contributed by atoms with Crippen molar-refractivity contribution >= 4 is 17.1 Å². The Kier molecular flexibility index (Phi) is 11.3. The minimum atomic E-state index is -4.74. The lowest BCUT2D eigenvalue weighted by Gasteiger charge is -2.06.